The number of fused-ring (bicyclic) bond motifs is 1. The highest BCUT2D eigenvalue weighted by atomic mass is 16.2. The fourth-order valence-corrected chi connectivity index (χ4v) is 5.62. The van der Waals surface area contributed by atoms with Crippen molar-refractivity contribution in [3.8, 4) is 0 Å². The highest BCUT2D eigenvalue weighted by molar-refractivity contribution is 5.99. The summed E-state index contributed by atoms with van der Waals surface area (Å²) in [4.78, 5) is 45.4. The van der Waals surface area contributed by atoms with Gasteiger partial charge in [0.1, 0.15) is 0 Å². The lowest BCUT2D eigenvalue weighted by molar-refractivity contribution is -0.144. The Bertz CT molecular complexity index is 1030. The third-order valence-electron chi connectivity index (χ3n) is 7.45. The minimum Gasteiger partial charge on any atom is -0.339 e. The van der Waals surface area contributed by atoms with Crippen molar-refractivity contribution in [3.63, 3.8) is 0 Å². The van der Waals surface area contributed by atoms with E-state index in [9.17, 15) is 14.4 Å². The Morgan fingerprint density at radius 3 is 2.00 bits per heavy atom. The van der Waals surface area contributed by atoms with Crippen molar-refractivity contribution in [2.45, 2.75) is 32.1 Å². The van der Waals surface area contributed by atoms with Crippen molar-refractivity contribution in [1.82, 2.24) is 9.80 Å². The smallest absolute Gasteiger partial charge is 0.253 e. The van der Waals surface area contributed by atoms with Crippen molar-refractivity contribution in [2.75, 3.05) is 37.6 Å². The molecule has 33 heavy (non-hydrogen) atoms. The number of nitrogens with zero attached hydrogens (tertiary/aromatic N) is 3. The second-order valence-electron chi connectivity index (χ2n) is 9.35. The molecule has 6 heteroatoms. The van der Waals surface area contributed by atoms with E-state index in [0.29, 0.717) is 38.3 Å². The van der Waals surface area contributed by atoms with Crippen LogP contribution in [0.15, 0.2) is 54.6 Å². The van der Waals surface area contributed by atoms with Crippen LogP contribution in [0.25, 0.3) is 0 Å². The van der Waals surface area contributed by atoms with Crippen LogP contribution in [0, 0.1) is 11.8 Å². The maximum absolute atomic E-state index is 13.6. The molecule has 2 atom stereocenters. The number of anilines is 1. The topological polar surface area (TPSA) is 60.9 Å². The van der Waals surface area contributed by atoms with E-state index in [2.05, 4.69) is 6.07 Å². The summed E-state index contributed by atoms with van der Waals surface area (Å²) in [6.07, 6.45) is 4.41. The van der Waals surface area contributed by atoms with Crippen molar-refractivity contribution < 1.29 is 14.4 Å². The summed E-state index contributed by atoms with van der Waals surface area (Å²) in [5.41, 5.74) is 2.90. The Labute approximate surface area is 195 Å². The monoisotopic (exact) mass is 445 g/mol. The SMILES string of the molecule is O=C(c1ccccc1)N1CCN(C(=O)C2CCCCC2C(=O)N2CCc3ccccc32)CC1. The van der Waals surface area contributed by atoms with Gasteiger partial charge in [-0.1, -0.05) is 49.2 Å². The van der Waals surface area contributed by atoms with Crippen LogP contribution >= 0.6 is 0 Å². The number of carbonyl (C=O) groups excluding carboxylic acids is 3. The maximum Gasteiger partial charge on any atom is 0.253 e. The van der Waals surface area contributed by atoms with Crippen LogP contribution < -0.4 is 4.90 Å². The fourth-order valence-electron chi connectivity index (χ4n) is 5.62. The number of benzene rings is 2. The molecule has 6 nitrogen and oxygen atoms in total. The number of rotatable bonds is 3. The molecule has 2 heterocycles. The van der Waals surface area contributed by atoms with E-state index in [1.54, 1.807) is 0 Å². The quantitative estimate of drug-likeness (QED) is 0.728. The van der Waals surface area contributed by atoms with E-state index in [-0.39, 0.29) is 29.6 Å². The van der Waals surface area contributed by atoms with Gasteiger partial charge in [-0.3, -0.25) is 14.4 Å². The van der Waals surface area contributed by atoms with E-state index >= 15 is 0 Å². The van der Waals surface area contributed by atoms with E-state index in [0.717, 1.165) is 37.8 Å². The lowest BCUT2D eigenvalue weighted by Crippen LogP contribution is -2.54. The average molecular weight is 446 g/mol. The van der Waals surface area contributed by atoms with Crippen LogP contribution in [-0.4, -0.2) is 60.2 Å². The Morgan fingerprint density at radius 2 is 1.27 bits per heavy atom. The van der Waals surface area contributed by atoms with Crippen LogP contribution in [0.1, 0.15) is 41.6 Å². The molecule has 1 aliphatic carbocycles. The van der Waals surface area contributed by atoms with Crippen molar-refractivity contribution in [2.24, 2.45) is 11.8 Å². The van der Waals surface area contributed by atoms with Gasteiger partial charge in [-0.05, 0) is 43.0 Å². The van der Waals surface area contributed by atoms with E-state index in [4.69, 9.17) is 0 Å². The average Bonchev–Trinajstić information content (AvgIpc) is 3.32. The highest BCUT2D eigenvalue weighted by Crippen LogP contribution is 2.36. The van der Waals surface area contributed by atoms with Gasteiger partial charge in [-0.2, -0.15) is 0 Å². The van der Waals surface area contributed by atoms with E-state index < -0.39 is 0 Å². The third kappa shape index (κ3) is 4.26. The number of para-hydroxylation sites is 1. The maximum atomic E-state index is 13.6. The Hall–Kier alpha value is -3.15. The lowest BCUT2D eigenvalue weighted by Gasteiger charge is -2.39. The second-order valence-corrected chi connectivity index (χ2v) is 9.35. The van der Waals surface area contributed by atoms with Gasteiger partial charge >= 0.3 is 0 Å². The van der Waals surface area contributed by atoms with Gasteiger partial charge in [0.15, 0.2) is 0 Å². The summed E-state index contributed by atoms with van der Waals surface area (Å²) < 4.78 is 0. The molecule has 172 valence electrons. The second kappa shape index (κ2) is 9.38. The molecule has 3 amide bonds. The normalized spacial score (nSPS) is 22.7. The van der Waals surface area contributed by atoms with Gasteiger partial charge in [0.05, 0.1) is 5.92 Å². The summed E-state index contributed by atoms with van der Waals surface area (Å²) in [5.74, 6) is -0.291. The van der Waals surface area contributed by atoms with Crippen molar-refractivity contribution in [1.29, 1.82) is 0 Å². The minimum absolute atomic E-state index is 0.0149. The highest BCUT2D eigenvalue weighted by Gasteiger charge is 2.41. The summed E-state index contributed by atoms with van der Waals surface area (Å²) in [7, 11) is 0. The van der Waals surface area contributed by atoms with Crippen molar-refractivity contribution in [3.05, 3.63) is 65.7 Å². The Kier molecular flexibility index (Phi) is 6.16. The zero-order valence-electron chi connectivity index (χ0n) is 19.0. The Balaban J connectivity index is 1.24. The van der Waals surface area contributed by atoms with Crippen LogP contribution in [0.4, 0.5) is 5.69 Å². The molecule has 2 fully saturated rings. The van der Waals surface area contributed by atoms with Crippen molar-refractivity contribution >= 4 is 23.4 Å². The molecule has 0 N–H and O–H groups in total. The standard InChI is InChI=1S/C27H31N3O3/c31-25(21-9-2-1-3-10-21)28-16-18-29(19-17-28)26(32)22-11-5-6-12-23(22)27(33)30-15-14-20-8-4-7-13-24(20)30/h1-4,7-10,13,22-23H,5-6,11-12,14-19H2. The summed E-state index contributed by atoms with van der Waals surface area (Å²) in [6, 6.07) is 17.4. The molecular weight excluding hydrogens is 414 g/mol. The zero-order chi connectivity index (χ0) is 22.8. The molecule has 1 saturated carbocycles. The lowest BCUT2D eigenvalue weighted by atomic mass is 9.77. The molecule has 2 aliphatic heterocycles. The first-order valence-electron chi connectivity index (χ1n) is 12.2. The van der Waals surface area contributed by atoms with Gasteiger partial charge in [0, 0.05) is 49.9 Å². The molecule has 2 unspecified atom stereocenters. The number of carbonyl (C=O) groups is 3. The number of amides is 3. The predicted octanol–water partition coefficient (Wildman–Crippen LogP) is 3.37. The molecule has 0 aromatic heterocycles. The van der Waals surface area contributed by atoms with Gasteiger partial charge in [-0.15, -0.1) is 0 Å². The number of piperazine rings is 1. The molecular formula is C27H31N3O3. The molecule has 0 spiro atoms. The van der Waals surface area contributed by atoms with Gasteiger partial charge < -0.3 is 14.7 Å². The third-order valence-corrected chi connectivity index (χ3v) is 7.45. The first-order chi connectivity index (χ1) is 16.1. The van der Waals surface area contributed by atoms with Crippen LogP contribution in [0.5, 0.6) is 0 Å². The molecule has 3 aliphatic rings. The van der Waals surface area contributed by atoms with E-state index in [1.807, 2.05) is 63.2 Å². The summed E-state index contributed by atoms with van der Waals surface area (Å²) >= 11 is 0. The minimum atomic E-state index is -0.254. The number of hydrogen-bond acceptors (Lipinski definition) is 3. The van der Waals surface area contributed by atoms with Crippen LogP contribution in [0.3, 0.4) is 0 Å². The van der Waals surface area contributed by atoms with E-state index in [1.165, 1.54) is 5.56 Å². The molecule has 1 saturated heterocycles. The molecule has 2 aromatic rings. The fraction of sp³-hybridized carbons (Fsp3) is 0.444. The van der Waals surface area contributed by atoms with Gasteiger partial charge in [0.2, 0.25) is 11.8 Å². The zero-order valence-corrected chi connectivity index (χ0v) is 19.0. The van der Waals surface area contributed by atoms with Gasteiger partial charge in [0.25, 0.3) is 5.91 Å². The first kappa shape index (κ1) is 21.7. The largest absolute Gasteiger partial charge is 0.339 e. The molecule has 5 rings (SSSR count). The van der Waals surface area contributed by atoms with Crippen LogP contribution in [0.2, 0.25) is 0 Å². The molecule has 0 radical (unpaired) electrons. The summed E-state index contributed by atoms with van der Waals surface area (Å²) in [6.45, 7) is 2.83. The first-order valence-corrected chi connectivity index (χ1v) is 12.2. The predicted molar refractivity (Wildman–Crippen MR) is 127 cm³/mol. The number of hydrogen-bond donors (Lipinski definition) is 0. The van der Waals surface area contributed by atoms with Crippen LogP contribution in [-0.2, 0) is 16.0 Å². The Morgan fingerprint density at radius 1 is 0.667 bits per heavy atom. The molecule has 2 aromatic carbocycles. The summed E-state index contributed by atoms with van der Waals surface area (Å²) in [5, 5.41) is 0. The van der Waals surface area contributed by atoms with Gasteiger partial charge in [-0.25, -0.2) is 0 Å². The molecule has 0 bridgehead atoms.